The van der Waals surface area contributed by atoms with Crippen LogP contribution in [0.4, 0.5) is 25.1 Å². The average Bonchev–Trinajstić information content (AvgIpc) is 3.58. The molecule has 2 unspecified atom stereocenters. The van der Waals surface area contributed by atoms with Crippen LogP contribution in [0, 0.1) is 11.6 Å². The van der Waals surface area contributed by atoms with E-state index in [0.717, 1.165) is 18.6 Å². The standard InChI is InChI=1S/C24H27F2N7O3/c1-27-20(34)11-24(36)6-8-32(13-24)23(35)29-15-10-17-21(28-12-15)30-31-22(17)33-7-2-3-19(33)16-9-14(25)4-5-18(16)26/h4-5,9-10,12,19,36H,2-3,6-8,11,13H2,1H3,(H,27,34)(H,29,35)(H,28,30,31). The number of aromatic nitrogens is 3. The third-order valence-corrected chi connectivity index (χ3v) is 6.88. The fraction of sp³-hybridized carbons (Fsp3) is 0.417. The van der Waals surface area contributed by atoms with Crippen molar-refractivity contribution >= 4 is 34.5 Å². The lowest BCUT2D eigenvalue weighted by molar-refractivity contribution is -0.125. The van der Waals surface area contributed by atoms with Gasteiger partial charge in [-0.1, -0.05) is 0 Å². The fourth-order valence-electron chi connectivity index (χ4n) is 5.06. The van der Waals surface area contributed by atoms with Gasteiger partial charge in [0.1, 0.15) is 11.6 Å². The molecule has 0 radical (unpaired) electrons. The predicted octanol–water partition coefficient (Wildman–Crippen LogP) is 2.68. The van der Waals surface area contributed by atoms with Crippen molar-refractivity contribution in [3.63, 3.8) is 0 Å². The number of fused-ring (bicyclic) bond motifs is 1. The van der Waals surface area contributed by atoms with Gasteiger partial charge in [0.2, 0.25) is 5.91 Å². The number of β-amino-alcohol motifs (C(OH)–C–C–N with tert-alkyl or cyclic N) is 1. The van der Waals surface area contributed by atoms with Crippen LogP contribution in [0.5, 0.6) is 0 Å². The number of carbonyl (C=O) groups is 2. The van der Waals surface area contributed by atoms with Gasteiger partial charge in [-0.25, -0.2) is 18.6 Å². The van der Waals surface area contributed by atoms with E-state index in [4.69, 9.17) is 0 Å². The molecule has 2 aliphatic heterocycles. The van der Waals surface area contributed by atoms with Gasteiger partial charge in [0.15, 0.2) is 11.5 Å². The van der Waals surface area contributed by atoms with Crippen LogP contribution in [0.2, 0.25) is 0 Å². The molecule has 12 heteroatoms. The van der Waals surface area contributed by atoms with Crippen LogP contribution in [0.15, 0.2) is 30.5 Å². The lowest BCUT2D eigenvalue weighted by atomic mass is 9.99. The van der Waals surface area contributed by atoms with Crippen LogP contribution in [0.3, 0.4) is 0 Å². The molecule has 10 nitrogen and oxygen atoms in total. The number of nitrogens with zero attached hydrogens (tertiary/aromatic N) is 4. The lowest BCUT2D eigenvalue weighted by Gasteiger charge is -2.25. The number of H-pyrrole nitrogens is 1. The molecule has 2 fully saturated rings. The van der Waals surface area contributed by atoms with Crippen LogP contribution in [0.1, 0.15) is 37.3 Å². The first-order valence-electron chi connectivity index (χ1n) is 11.8. The minimum Gasteiger partial charge on any atom is -0.387 e. The number of hydrogen-bond acceptors (Lipinski definition) is 6. The van der Waals surface area contributed by atoms with E-state index in [0.29, 0.717) is 48.5 Å². The summed E-state index contributed by atoms with van der Waals surface area (Å²) in [5.41, 5.74) is -0.0766. The Bertz CT molecular complexity index is 1320. The maximum atomic E-state index is 14.5. The largest absolute Gasteiger partial charge is 0.387 e. The third kappa shape index (κ3) is 4.55. The molecule has 2 atom stereocenters. The summed E-state index contributed by atoms with van der Waals surface area (Å²) in [4.78, 5) is 32.2. The molecule has 1 aromatic carbocycles. The summed E-state index contributed by atoms with van der Waals surface area (Å²) in [6, 6.07) is 4.37. The van der Waals surface area contributed by atoms with E-state index in [-0.39, 0.29) is 30.5 Å². The zero-order chi connectivity index (χ0) is 25.4. The Morgan fingerprint density at radius 2 is 2.11 bits per heavy atom. The van der Waals surface area contributed by atoms with E-state index in [1.54, 1.807) is 6.07 Å². The summed E-state index contributed by atoms with van der Waals surface area (Å²) in [5.74, 6) is -0.719. The summed E-state index contributed by atoms with van der Waals surface area (Å²) in [6.45, 7) is 0.947. The lowest BCUT2D eigenvalue weighted by Crippen LogP contribution is -2.41. The van der Waals surface area contributed by atoms with Crippen LogP contribution in [-0.4, -0.2) is 69.4 Å². The van der Waals surface area contributed by atoms with Crippen LogP contribution in [0.25, 0.3) is 11.0 Å². The number of pyridine rings is 1. The van der Waals surface area contributed by atoms with E-state index in [1.807, 2.05) is 4.90 Å². The van der Waals surface area contributed by atoms with Crippen molar-refractivity contribution in [3.8, 4) is 0 Å². The quantitative estimate of drug-likeness (QED) is 0.428. The van der Waals surface area contributed by atoms with E-state index >= 15 is 0 Å². The monoisotopic (exact) mass is 499 g/mol. The van der Waals surface area contributed by atoms with Gasteiger partial charge in [-0.3, -0.25) is 9.89 Å². The van der Waals surface area contributed by atoms with Crippen LogP contribution < -0.4 is 15.5 Å². The van der Waals surface area contributed by atoms with Crippen molar-refractivity contribution in [1.29, 1.82) is 0 Å². The van der Waals surface area contributed by atoms with Crippen LogP contribution in [-0.2, 0) is 4.79 Å². The molecule has 0 saturated carbocycles. The van der Waals surface area contributed by atoms with Crippen molar-refractivity contribution in [2.24, 2.45) is 0 Å². The van der Waals surface area contributed by atoms with Gasteiger partial charge in [-0.05, 0) is 43.5 Å². The molecule has 190 valence electrons. The van der Waals surface area contributed by atoms with Gasteiger partial charge in [-0.15, -0.1) is 0 Å². The number of halogens is 2. The van der Waals surface area contributed by atoms with E-state index in [9.17, 15) is 23.5 Å². The first-order chi connectivity index (χ1) is 17.3. The van der Waals surface area contributed by atoms with Crippen molar-refractivity contribution in [1.82, 2.24) is 25.4 Å². The van der Waals surface area contributed by atoms with E-state index in [1.165, 1.54) is 24.2 Å². The molecule has 0 spiro atoms. The Morgan fingerprint density at radius 3 is 2.92 bits per heavy atom. The molecule has 2 aliphatic rings. The zero-order valence-corrected chi connectivity index (χ0v) is 19.7. The molecule has 0 bridgehead atoms. The van der Waals surface area contributed by atoms with Gasteiger partial charge in [0.05, 0.1) is 41.9 Å². The maximum absolute atomic E-state index is 14.5. The minimum absolute atomic E-state index is 0.0353. The van der Waals surface area contributed by atoms with Gasteiger partial charge in [0, 0.05) is 25.7 Å². The molecule has 4 N–H and O–H groups in total. The number of anilines is 2. The molecular formula is C24H27F2N7O3. The van der Waals surface area contributed by atoms with Crippen molar-refractivity contribution in [2.75, 3.05) is 36.9 Å². The SMILES string of the molecule is CNC(=O)CC1(O)CCN(C(=O)Nc2cnc3[nH]nc(N4CCCC4c4cc(F)ccc4F)c3c2)C1. The number of amides is 3. The highest BCUT2D eigenvalue weighted by molar-refractivity contribution is 5.95. The topological polar surface area (TPSA) is 126 Å². The number of hydrogen-bond donors (Lipinski definition) is 4. The molecule has 5 rings (SSSR count). The Balaban J connectivity index is 1.35. The Labute approximate surface area is 205 Å². The Kier molecular flexibility index (Phi) is 6.20. The number of carbonyl (C=O) groups excluding carboxylic acids is 2. The average molecular weight is 500 g/mol. The number of rotatable bonds is 5. The highest BCUT2D eigenvalue weighted by Gasteiger charge is 2.40. The molecule has 0 aliphatic carbocycles. The predicted molar refractivity (Wildman–Crippen MR) is 128 cm³/mol. The highest BCUT2D eigenvalue weighted by atomic mass is 19.1. The first kappa shape index (κ1) is 23.9. The van der Waals surface area contributed by atoms with E-state index < -0.39 is 23.3 Å². The number of likely N-dealkylation sites (tertiary alicyclic amines) is 1. The summed E-state index contributed by atoms with van der Waals surface area (Å²) >= 11 is 0. The number of aromatic amines is 1. The smallest absolute Gasteiger partial charge is 0.321 e. The first-order valence-corrected chi connectivity index (χ1v) is 11.8. The molecule has 3 amide bonds. The van der Waals surface area contributed by atoms with Crippen LogP contribution >= 0.6 is 0 Å². The molecule has 36 heavy (non-hydrogen) atoms. The Morgan fingerprint density at radius 1 is 1.28 bits per heavy atom. The van der Waals surface area contributed by atoms with Gasteiger partial charge >= 0.3 is 6.03 Å². The number of urea groups is 1. The molecule has 4 heterocycles. The van der Waals surface area contributed by atoms with Crippen molar-refractivity contribution in [2.45, 2.75) is 37.3 Å². The highest BCUT2D eigenvalue weighted by Crippen LogP contribution is 2.39. The third-order valence-electron chi connectivity index (χ3n) is 6.88. The summed E-state index contributed by atoms with van der Waals surface area (Å²) in [6.07, 6.45) is 3.13. The second-order valence-corrected chi connectivity index (χ2v) is 9.36. The van der Waals surface area contributed by atoms with Crippen molar-refractivity contribution in [3.05, 3.63) is 47.7 Å². The normalized spacial score (nSPS) is 21.8. The summed E-state index contributed by atoms with van der Waals surface area (Å²) in [5, 5.41) is 23.8. The number of aliphatic hydroxyl groups is 1. The minimum atomic E-state index is -1.27. The number of benzene rings is 1. The van der Waals surface area contributed by atoms with Gasteiger partial charge < -0.3 is 25.5 Å². The molecule has 2 aromatic heterocycles. The van der Waals surface area contributed by atoms with E-state index in [2.05, 4.69) is 25.8 Å². The summed E-state index contributed by atoms with van der Waals surface area (Å²) < 4.78 is 28.4. The van der Waals surface area contributed by atoms with Gasteiger partial charge in [0.25, 0.3) is 0 Å². The van der Waals surface area contributed by atoms with Gasteiger partial charge in [-0.2, -0.15) is 5.10 Å². The fourth-order valence-corrected chi connectivity index (χ4v) is 5.06. The second kappa shape index (κ2) is 9.34. The molecular weight excluding hydrogens is 472 g/mol. The maximum Gasteiger partial charge on any atom is 0.321 e. The molecule has 2 saturated heterocycles. The number of nitrogens with one attached hydrogen (secondary N) is 3. The summed E-state index contributed by atoms with van der Waals surface area (Å²) in [7, 11) is 1.50. The zero-order valence-electron chi connectivity index (χ0n) is 19.7. The second-order valence-electron chi connectivity index (χ2n) is 9.36. The molecule has 3 aromatic rings. The Hall–Kier alpha value is -3.80. The van der Waals surface area contributed by atoms with Crippen molar-refractivity contribution < 1.29 is 23.5 Å².